The van der Waals surface area contributed by atoms with Gasteiger partial charge in [-0.1, -0.05) is 17.7 Å². The number of hydrogen-bond donors (Lipinski definition) is 0. The molecule has 20 heavy (non-hydrogen) atoms. The summed E-state index contributed by atoms with van der Waals surface area (Å²) in [5, 5.41) is 0. The predicted molar refractivity (Wildman–Crippen MR) is 83.5 cm³/mol. The lowest BCUT2D eigenvalue weighted by Gasteiger charge is -2.09. The summed E-state index contributed by atoms with van der Waals surface area (Å²) in [6, 6.07) is 11.0. The zero-order chi connectivity index (χ0) is 14.8. The lowest BCUT2D eigenvalue weighted by molar-refractivity contribution is 0.112. The summed E-state index contributed by atoms with van der Waals surface area (Å²) in [4.78, 5) is 11.0. The van der Waals surface area contributed by atoms with Crippen LogP contribution in [0.5, 0.6) is 5.75 Å². The first kappa shape index (κ1) is 15.0. The Balaban J connectivity index is 2.38. The van der Waals surface area contributed by atoms with Gasteiger partial charge in [0.15, 0.2) is 12.0 Å². The first-order chi connectivity index (χ1) is 9.42. The lowest BCUT2D eigenvalue weighted by Crippen LogP contribution is -2.11. The maximum absolute atomic E-state index is 12.1. The number of hydrogen-bond acceptors (Lipinski definition) is 4. The van der Waals surface area contributed by atoms with Gasteiger partial charge < -0.3 is 4.18 Å². The monoisotopic (exact) mass is 402 g/mol. The van der Waals surface area contributed by atoms with Gasteiger partial charge in [-0.3, -0.25) is 4.79 Å². The van der Waals surface area contributed by atoms with Gasteiger partial charge in [-0.05, 0) is 59.8 Å². The van der Waals surface area contributed by atoms with E-state index in [0.29, 0.717) is 6.29 Å². The van der Waals surface area contributed by atoms with Crippen LogP contribution < -0.4 is 4.18 Å². The van der Waals surface area contributed by atoms with E-state index >= 15 is 0 Å². The summed E-state index contributed by atoms with van der Waals surface area (Å²) in [5.41, 5.74) is 1.15. The van der Waals surface area contributed by atoms with Gasteiger partial charge in [-0.25, -0.2) is 0 Å². The molecule has 0 fully saturated rings. The zero-order valence-corrected chi connectivity index (χ0v) is 13.5. The molecule has 0 amide bonds. The molecule has 0 unspecified atom stereocenters. The second-order valence-corrected chi connectivity index (χ2v) is 6.94. The molecule has 6 heteroatoms. The molecule has 4 nitrogen and oxygen atoms in total. The van der Waals surface area contributed by atoms with Crippen molar-refractivity contribution in [2.45, 2.75) is 11.8 Å². The molecule has 0 aliphatic carbocycles. The van der Waals surface area contributed by atoms with Crippen LogP contribution >= 0.6 is 22.6 Å². The summed E-state index contributed by atoms with van der Waals surface area (Å²) in [7, 11) is -3.94. The van der Waals surface area contributed by atoms with Crippen molar-refractivity contribution in [1.29, 1.82) is 0 Å². The third-order valence-electron chi connectivity index (χ3n) is 2.61. The fourth-order valence-electron chi connectivity index (χ4n) is 1.56. The minimum atomic E-state index is -3.94. The SMILES string of the molecule is Cc1ccc(S(=O)(=O)Oc2ccc(I)cc2C=O)cc1. The van der Waals surface area contributed by atoms with Gasteiger partial charge in [0.1, 0.15) is 4.90 Å². The van der Waals surface area contributed by atoms with Crippen molar-refractivity contribution in [3.8, 4) is 5.75 Å². The number of carbonyl (C=O) groups is 1. The largest absolute Gasteiger partial charge is 0.378 e. The van der Waals surface area contributed by atoms with Crippen molar-refractivity contribution in [3.05, 3.63) is 57.2 Å². The average Bonchev–Trinajstić information content (AvgIpc) is 2.41. The molecule has 0 aliphatic rings. The third-order valence-corrected chi connectivity index (χ3v) is 4.53. The summed E-state index contributed by atoms with van der Waals surface area (Å²) in [6.07, 6.45) is 0.572. The Hall–Kier alpha value is -1.41. The third kappa shape index (κ3) is 3.37. The molecule has 0 N–H and O–H groups in total. The van der Waals surface area contributed by atoms with E-state index in [0.717, 1.165) is 9.13 Å². The molecule has 2 aromatic rings. The van der Waals surface area contributed by atoms with Crippen LogP contribution in [0.4, 0.5) is 0 Å². The Morgan fingerprint density at radius 3 is 2.35 bits per heavy atom. The molecule has 0 heterocycles. The average molecular weight is 402 g/mol. The Morgan fingerprint density at radius 2 is 1.75 bits per heavy atom. The number of rotatable bonds is 4. The number of halogens is 1. The van der Waals surface area contributed by atoms with Crippen LogP contribution in [0.3, 0.4) is 0 Å². The second kappa shape index (κ2) is 5.92. The number of aryl methyl sites for hydroxylation is 1. The minimum absolute atomic E-state index is 0.0287. The smallest absolute Gasteiger partial charge is 0.339 e. The highest BCUT2D eigenvalue weighted by Crippen LogP contribution is 2.24. The van der Waals surface area contributed by atoms with Crippen LogP contribution in [-0.4, -0.2) is 14.7 Å². The van der Waals surface area contributed by atoms with Gasteiger partial charge >= 0.3 is 10.1 Å². The van der Waals surface area contributed by atoms with Crippen molar-refractivity contribution in [1.82, 2.24) is 0 Å². The van der Waals surface area contributed by atoms with E-state index in [2.05, 4.69) is 0 Å². The van der Waals surface area contributed by atoms with E-state index in [1.807, 2.05) is 29.5 Å². The maximum Gasteiger partial charge on any atom is 0.339 e. The standard InChI is InChI=1S/C14H11IO4S/c1-10-2-5-13(6-3-10)20(17,18)19-14-7-4-12(15)8-11(14)9-16/h2-9H,1H3. The fraction of sp³-hybridized carbons (Fsp3) is 0.0714. The summed E-state index contributed by atoms with van der Waals surface area (Å²) < 4.78 is 30.1. The molecule has 0 atom stereocenters. The highest BCUT2D eigenvalue weighted by atomic mass is 127. The highest BCUT2D eigenvalue weighted by molar-refractivity contribution is 14.1. The maximum atomic E-state index is 12.1. The van der Waals surface area contributed by atoms with Crippen LogP contribution in [0.1, 0.15) is 15.9 Å². The van der Waals surface area contributed by atoms with Crippen LogP contribution in [0, 0.1) is 10.5 Å². The Bertz CT molecular complexity index is 736. The Kier molecular flexibility index (Phi) is 4.44. The van der Waals surface area contributed by atoms with Gasteiger partial charge in [-0.15, -0.1) is 0 Å². The number of carbonyl (C=O) groups excluding carboxylic acids is 1. The van der Waals surface area contributed by atoms with E-state index in [1.54, 1.807) is 24.3 Å². The van der Waals surface area contributed by atoms with Crippen LogP contribution in [0.25, 0.3) is 0 Å². The molecule has 0 bridgehead atoms. The molecule has 2 rings (SSSR count). The summed E-state index contributed by atoms with van der Waals surface area (Å²) in [6.45, 7) is 1.86. The molecule has 0 aliphatic heterocycles. The van der Waals surface area contributed by atoms with E-state index in [9.17, 15) is 13.2 Å². The molecule has 0 saturated heterocycles. The van der Waals surface area contributed by atoms with Gasteiger partial charge in [0.05, 0.1) is 5.56 Å². The van der Waals surface area contributed by atoms with Crippen molar-refractivity contribution < 1.29 is 17.4 Å². The predicted octanol–water partition coefficient (Wildman–Crippen LogP) is 3.18. The topological polar surface area (TPSA) is 60.4 Å². The summed E-state index contributed by atoms with van der Waals surface area (Å²) in [5.74, 6) is 0.0287. The van der Waals surface area contributed by atoms with Crippen LogP contribution in [-0.2, 0) is 10.1 Å². The normalized spacial score (nSPS) is 11.1. The zero-order valence-electron chi connectivity index (χ0n) is 10.5. The minimum Gasteiger partial charge on any atom is -0.378 e. The fourth-order valence-corrected chi connectivity index (χ4v) is 3.03. The quantitative estimate of drug-likeness (QED) is 0.448. The molecule has 0 spiro atoms. The van der Waals surface area contributed by atoms with Crippen molar-refractivity contribution >= 4 is 39.0 Å². The van der Waals surface area contributed by atoms with E-state index < -0.39 is 10.1 Å². The van der Waals surface area contributed by atoms with E-state index in [1.165, 1.54) is 18.2 Å². The molecular formula is C14H11IO4S. The first-order valence-electron chi connectivity index (χ1n) is 5.68. The molecule has 2 aromatic carbocycles. The molecule has 0 saturated carbocycles. The lowest BCUT2D eigenvalue weighted by atomic mass is 10.2. The highest BCUT2D eigenvalue weighted by Gasteiger charge is 2.18. The molecule has 0 aromatic heterocycles. The van der Waals surface area contributed by atoms with Crippen molar-refractivity contribution in [2.24, 2.45) is 0 Å². The summed E-state index contributed by atoms with van der Waals surface area (Å²) >= 11 is 2.03. The van der Waals surface area contributed by atoms with E-state index in [4.69, 9.17) is 4.18 Å². The first-order valence-corrected chi connectivity index (χ1v) is 8.17. The van der Waals surface area contributed by atoms with Gasteiger partial charge in [0.25, 0.3) is 0 Å². The van der Waals surface area contributed by atoms with Gasteiger partial charge in [-0.2, -0.15) is 8.42 Å². The van der Waals surface area contributed by atoms with Gasteiger partial charge in [0.2, 0.25) is 0 Å². The molecule has 104 valence electrons. The Morgan fingerprint density at radius 1 is 1.10 bits per heavy atom. The number of aldehydes is 1. The van der Waals surface area contributed by atoms with Crippen molar-refractivity contribution in [3.63, 3.8) is 0 Å². The Labute approximate surface area is 131 Å². The van der Waals surface area contributed by atoms with Crippen molar-refractivity contribution in [2.75, 3.05) is 0 Å². The van der Waals surface area contributed by atoms with E-state index in [-0.39, 0.29) is 16.2 Å². The van der Waals surface area contributed by atoms with Crippen LogP contribution in [0.2, 0.25) is 0 Å². The number of benzene rings is 2. The molecule has 0 radical (unpaired) electrons. The van der Waals surface area contributed by atoms with Crippen LogP contribution in [0.15, 0.2) is 47.4 Å². The molecular weight excluding hydrogens is 391 g/mol. The second-order valence-electron chi connectivity index (χ2n) is 4.15. The van der Waals surface area contributed by atoms with Gasteiger partial charge in [0, 0.05) is 3.57 Å².